The Kier molecular flexibility index (Phi) is 4.19. The molecule has 96 valence electrons. The highest BCUT2D eigenvalue weighted by Gasteiger charge is 2.39. The largest absolute Gasteiger partial charge is 0.383 e. The van der Waals surface area contributed by atoms with E-state index in [9.17, 15) is 8.42 Å². The second-order valence-electron chi connectivity index (χ2n) is 4.20. The summed E-state index contributed by atoms with van der Waals surface area (Å²) in [5.41, 5.74) is 1.05. The van der Waals surface area contributed by atoms with Gasteiger partial charge >= 0.3 is 0 Å². The molecule has 0 atom stereocenters. The van der Waals surface area contributed by atoms with E-state index in [4.69, 9.17) is 4.74 Å². The first-order valence-electron chi connectivity index (χ1n) is 5.63. The summed E-state index contributed by atoms with van der Waals surface area (Å²) in [6.07, 6.45) is 1.60. The van der Waals surface area contributed by atoms with E-state index in [1.165, 1.54) is 0 Å². The predicted octanol–water partition coefficient (Wildman–Crippen LogP) is 1.69. The van der Waals surface area contributed by atoms with E-state index in [1.807, 2.05) is 16.8 Å². The van der Waals surface area contributed by atoms with Crippen LogP contribution < -0.4 is 0 Å². The van der Waals surface area contributed by atoms with Crippen LogP contribution in [0.1, 0.15) is 18.4 Å². The number of nitrogens with zero attached hydrogens (tertiary/aromatic N) is 1. The Morgan fingerprint density at radius 3 is 2.82 bits per heavy atom. The molecule has 0 radical (unpaired) electrons. The average Bonchev–Trinajstić information content (AvgIpc) is 3.04. The lowest BCUT2D eigenvalue weighted by Crippen LogP contribution is -2.35. The van der Waals surface area contributed by atoms with Crippen molar-refractivity contribution in [3.05, 3.63) is 22.4 Å². The van der Waals surface area contributed by atoms with Crippen LogP contribution in [0.5, 0.6) is 0 Å². The summed E-state index contributed by atoms with van der Waals surface area (Å²) in [6.45, 7) is 1.34. The highest BCUT2D eigenvalue weighted by Crippen LogP contribution is 2.31. The standard InChI is InChI=1S/C11H17NO3S2/c1-15-6-5-12(8-10-4-7-16-9-10)17(13,14)11-2-3-11/h4,7,9,11H,2-3,5-6,8H2,1H3. The SMILES string of the molecule is COCCN(Cc1ccsc1)S(=O)(=O)C1CC1. The van der Waals surface area contributed by atoms with Crippen LogP contribution in [0, 0.1) is 0 Å². The Balaban J connectivity index is 2.07. The fourth-order valence-electron chi connectivity index (χ4n) is 1.65. The molecule has 1 aliphatic carbocycles. The van der Waals surface area contributed by atoms with Crippen molar-refractivity contribution in [3.8, 4) is 0 Å². The molecule has 0 unspecified atom stereocenters. The van der Waals surface area contributed by atoms with Crippen LogP contribution in [0.25, 0.3) is 0 Å². The third-order valence-electron chi connectivity index (χ3n) is 2.79. The lowest BCUT2D eigenvalue weighted by Gasteiger charge is -2.21. The van der Waals surface area contributed by atoms with E-state index < -0.39 is 10.0 Å². The molecule has 1 aliphatic rings. The minimum absolute atomic E-state index is 0.155. The molecular formula is C11H17NO3S2. The average molecular weight is 275 g/mol. The molecule has 1 fully saturated rings. The van der Waals surface area contributed by atoms with Gasteiger partial charge < -0.3 is 4.74 Å². The molecule has 1 aromatic heterocycles. The third-order valence-corrected chi connectivity index (χ3v) is 5.87. The molecule has 0 spiro atoms. The van der Waals surface area contributed by atoms with Gasteiger partial charge in [0.25, 0.3) is 0 Å². The van der Waals surface area contributed by atoms with E-state index in [0.29, 0.717) is 19.7 Å². The summed E-state index contributed by atoms with van der Waals surface area (Å²) in [5, 5.41) is 3.80. The van der Waals surface area contributed by atoms with Gasteiger partial charge in [0, 0.05) is 20.2 Å². The third kappa shape index (κ3) is 3.28. The lowest BCUT2D eigenvalue weighted by molar-refractivity contribution is 0.177. The maximum absolute atomic E-state index is 12.2. The van der Waals surface area contributed by atoms with Crippen molar-refractivity contribution >= 4 is 21.4 Å². The van der Waals surface area contributed by atoms with Gasteiger partial charge in [-0.2, -0.15) is 15.6 Å². The monoisotopic (exact) mass is 275 g/mol. The zero-order valence-corrected chi connectivity index (χ0v) is 11.5. The van der Waals surface area contributed by atoms with Crippen molar-refractivity contribution in [2.24, 2.45) is 0 Å². The van der Waals surface area contributed by atoms with Crippen molar-refractivity contribution in [2.75, 3.05) is 20.3 Å². The highest BCUT2D eigenvalue weighted by molar-refractivity contribution is 7.90. The van der Waals surface area contributed by atoms with Crippen LogP contribution >= 0.6 is 11.3 Å². The first kappa shape index (κ1) is 13.0. The molecule has 0 aromatic carbocycles. The summed E-state index contributed by atoms with van der Waals surface area (Å²) < 4.78 is 30.9. The molecule has 1 saturated carbocycles. The second kappa shape index (κ2) is 5.48. The molecule has 0 bridgehead atoms. The van der Waals surface area contributed by atoms with Crippen LogP contribution in [0.4, 0.5) is 0 Å². The molecule has 0 N–H and O–H groups in total. The fourth-order valence-corrected chi connectivity index (χ4v) is 4.12. The number of hydrogen-bond acceptors (Lipinski definition) is 4. The lowest BCUT2D eigenvalue weighted by atomic mass is 10.3. The summed E-state index contributed by atoms with van der Waals surface area (Å²) in [7, 11) is -1.53. The van der Waals surface area contributed by atoms with Crippen LogP contribution in [0.3, 0.4) is 0 Å². The maximum atomic E-state index is 12.2. The number of methoxy groups -OCH3 is 1. The quantitative estimate of drug-likeness (QED) is 0.761. The van der Waals surface area contributed by atoms with E-state index >= 15 is 0 Å². The number of sulfonamides is 1. The van der Waals surface area contributed by atoms with Crippen LogP contribution in [-0.2, 0) is 21.3 Å². The minimum atomic E-state index is -3.12. The summed E-state index contributed by atoms with van der Waals surface area (Å²) >= 11 is 1.59. The van der Waals surface area contributed by atoms with Gasteiger partial charge in [-0.3, -0.25) is 0 Å². The van der Waals surface area contributed by atoms with Gasteiger partial charge in [-0.1, -0.05) is 0 Å². The van der Waals surface area contributed by atoms with Gasteiger partial charge in [0.05, 0.1) is 11.9 Å². The molecule has 2 rings (SSSR count). The zero-order valence-electron chi connectivity index (χ0n) is 9.83. The van der Waals surface area contributed by atoms with E-state index in [0.717, 1.165) is 18.4 Å². The molecule has 0 aliphatic heterocycles. The van der Waals surface area contributed by atoms with Gasteiger partial charge in [0.1, 0.15) is 0 Å². The number of thiophene rings is 1. The van der Waals surface area contributed by atoms with Crippen molar-refractivity contribution in [3.63, 3.8) is 0 Å². The molecular weight excluding hydrogens is 258 g/mol. The Morgan fingerprint density at radius 2 is 2.29 bits per heavy atom. The number of ether oxygens (including phenoxy) is 1. The fraction of sp³-hybridized carbons (Fsp3) is 0.636. The zero-order chi connectivity index (χ0) is 12.3. The molecule has 1 heterocycles. The van der Waals surface area contributed by atoms with Gasteiger partial charge in [-0.15, -0.1) is 0 Å². The molecule has 6 heteroatoms. The first-order valence-corrected chi connectivity index (χ1v) is 8.08. The maximum Gasteiger partial charge on any atom is 0.217 e. The molecule has 4 nitrogen and oxygen atoms in total. The van der Waals surface area contributed by atoms with E-state index in [-0.39, 0.29) is 5.25 Å². The Morgan fingerprint density at radius 1 is 1.53 bits per heavy atom. The highest BCUT2D eigenvalue weighted by atomic mass is 32.2. The Bertz CT molecular complexity index is 437. The molecule has 1 aromatic rings. The van der Waals surface area contributed by atoms with Crippen molar-refractivity contribution in [1.29, 1.82) is 0 Å². The molecule has 0 saturated heterocycles. The summed E-state index contributed by atoms with van der Waals surface area (Å²) in [4.78, 5) is 0. The minimum Gasteiger partial charge on any atom is -0.383 e. The van der Waals surface area contributed by atoms with Crippen LogP contribution in [0.15, 0.2) is 16.8 Å². The number of hydrogen-bond donors (Lipinski definition) is 0. The number of rotatable bonds is 7. The second-order valence-corrected chi connectivity index (χ2v) is 7.20. The van der Waals surface area contributed by atoms with E-state index in [2.05, 4.69) is 0 Å². The summed E-state index contributed by atoms with van der Waals surface area (Å²) in [5.74, 6) is 0. The summed E-state index contributed by atoms with van der Waals surface area (Å²) in [6, 6.07) is 1.97. The van der Waals surface area contributed by atoms with E-state index in [1.54, 1.807) is 22.8 Å². The topological polar surface area (TPSA) is 46.6 Å². The van der Waals surface area contributed by atoms with Crippen molar-refractivity contribution in [1.82, 2.24) is 4.31 Å². The molecule has 0 amide bonds. The Labute approximate surface area is 106 Å². The van der Waals surface area contributed by atoms with Gasteiger partial charge in [0.2, 0.25) is 10.0 Å². The normalized spacial score (nSPS) is 16.6. The first-order chi connectivity index (χ1) is 8.14. The van der Waals surface area contributed by atoms with Crippen LogP contribution in [0.2, 0.25) is 0 Å². The predicted molar refractivity (Wildman–Crippen MR) is 68.5 cm³/mol. The van der Waals surface area contributed by atoms with Crippen molar-refractivity contribution < 1.29 is 13.2 Å². The van der Waals surface area contributed by atoms with Gasteiger partial charge in [-0.05, 0) is 35.2 Å². The Hall–Kier alpha value is -0.430. The van der Waals surface area contributed by atoms with Crippen LogP contribution in [-0.4, -0.2) is 38.2 Å². The van der Waals surface area contributed by atoms with Gasteiger partial charge in [0.15, 0.2) is 0 Å². The molecule has 17 heavy (non-hydrogen) atoms. The smallest absolute Gasteiger partial charge is 0.217 e. The van der Waals surface area contributed by atoms with Gasteiger partial charge in [-0.25, -0.2) is 8.42 Å². The van der Waals surface area contributed by atoms with Crippen molar-refractivity contribution in [2.45, 2.75) is 24.6 Å².